The molecule has 0 aliphatic carbocycles. The van der Waals surface area contributed by atoms with E-state index in [0.717, 1.165) is 0 Å². The first-order valence-electron chi connectivity index (χ1n) is 2.21. The number of carboxylic acids is 4. The van der Waals surface area contributed by atoms with E-state index < -0.39 is 23.9 Å². The largest absolute Gasteiger partial charge is 1.00 e. The molecule has 11 heteroatoms. The van der Waals surface area contributed by atoms with E-state index >= 15 is 0 Å². The Morgan fingerprint density at radius 2 is 0.667 bits per heavy atom. The van der Waals surface area contributed by atoms with Gasteiger partial charge in [-0.1, -0.05) is 0 Å². The number of carbonyl (C=O) groups is 4. The van der Waals surface area contributed by atoms with E-state index in [9.17, 15) is 0 Å². The van der Waals surface area contributed by atoms with E-state index in [1.165, 1.54) is 0 Å². The summed E-state index contributed by atoms with van der Waals surface area (Å²) in [5, 5.41) is 29.6. The second-order valence-electron chi connectivity index (χ2n) is 1.22. The van der Waals surface area contributed by atoms with Crippen molar-refractivity contribution in [3.63, 3.8) is 0 Å². The molecule has 0 unspecified atom stereocenters. The van der Waals surface area contributed by atoms with Crippen LogP contribution in [0.5, 0.6) is 0 Å². The third-order valence-corrected chi connectivity index (χ3v) is 0.366. The van der Waals surface area contributed by atoms with Gasteiger partial charge in [0.1, 0.15) is 0 Å². The Labute approximate surface area is 93.9 Å². The van der Waals surface area contributed by atoms with E-state index in [1.54, 1.807) is 0 Å². The zero-order valence-electron chi connectivity index (χ0n) is 8.24. The summed E-state index contributed by atoms with van der Waals surface area (Å²) in [5.74, 6) is -7.30. The van der Waals surface area contributed by atoms with Gasteiger partial charge in [-0.2, -0.15) is 0 Å². The number of rotatable bonds is 0. The zero-order chi connectivity index (χ0) is 10.3. The van der Waals surface area contributed by atoms with E-state index in [0.29, 0.717) is 0 Å². The molecule has 0 fully saturated rings. The summed E-state index contributed by atoms with van der Waals surface area (Å²) < 4.78 is 0. The SMILES string of the molecule is F.F.O=C(O)C(=O)O.O=C(O)C(=O)O.[H-].[Li+]. The van der Waals surface area contributed by atoms with Gasteiger partial charge >= 0.3 is 42.7 Å². The van der Waals surface area contributed by atoms with Crippen molar-refractivity contribution in [2.75, 3.05) is 0 Å². The average molecular weight is 228 g/mol. The predicted molar refractivity (Wildman–Crippen MR) is 36.7 cm³/mol. The Bertz CT molecular complexity index is 186. The van der Waals surface area contributed by atoms with Crippen LogP contribution in [-0.2, 0) is 19.2 Å². The van der Waals surface area contributed by atoms with Gasteiger partial charge in [0, 0.05) is 0 Å². The zero-order valence-corrected chi connectivity index (χ0v) is 7.24. The Hall–Kier alpha value is -1.66. The van der Waals surface area contributed by atoms with Crippen molar-refractivity contribution < 1.29 is 69.3 Å². The third kappa shape index (κ3) is 32.8. The Kier molecular flexibility index (Phi) is 28.9. The minimum atomic E-state index is -1.82. The Morgan fingerprint density at radius 3 is 0.667 bits per heavy atom. The molecule has 0 aromatic heterocycles. The first-order valence-corrected chi connectivity index (χ1v) is 2.21. The van der Waals surface area contributed by atoms with Crippen molar-refractivity contribution in [1.29, 1.82) is 0 Å². The fourth-order valence-electron chi connectivity index (χ4n) is 0. The molecule has 0 aliphatic heterocycles. The van der Waals surface area contributed by atoms with Gasteiger partial charge in [0.05, 0.1) is 0 Å². The minimum absolute atomic E-state index is 0. The van der Waals surface area contributed by atoms with Gasteiger partial charge in [-0.25, -0.2) is 19.2 Å². The maximum Gasteiger partial charge on any atom is 1.00 e. The van der Waals surface area contributed by atoms with Crippen molar-refractivity contribution in [2.45, 2.75) is 0 Å². The standard InChI is InChI=1S/2C2H2O4.2FH.Li.H/c2*3-1(4)2(5)6;;;;/h2*(H,3,4)(H,5,6);2*1H;;/q;;;;+1;-1. The summed E-state index contributed by atoms with van der Waals surface area (Å²) in [6.45, 7) is 0. The molecule has 86 valence electrons. The number of halogens is 2. The Morgan fingerprint density at radius 1 is 0.600 bits per heavy atom. The third-order valence-electron chi connectivity index (χ3n) is 0.366. The normalized spacial score (nSPS) is 5.87. The quantitative estimate of drug-likeness (QED) is 0.240. The van der Waals surface area contributed by atoms with Crippen LogP contribution in [0.4, 0.5) is 9.41 Å². The van der Waals surface area contributed by atoms with Gasteiger partial charge in [-0.3, -0.25) is 9.41 Å². The molecule has 0 rings (SSSR count). The monoisotopic (exact) mass is 228 g/mol. The molecule has 8 nitrogen and oxygen atoms in total. The van der Waals surface area contributed by atoms with Crippen LogP contribution in [0.25, 0.3) is 0 Å². The molecule has 0 atom stereocenters. The minimum Gasteiger partial charge on any atom is -1.00 e. The molecule has 15 heavy (non-hydrogen) atoms. The average Bonchev–Trinajstić information content (AvgIpc) is 1.88. The Balaban J connectivity index is -0.0000000250. The van der Waals surface area contributed by atoms with Crippen LogP contribution in [0, 0.1) is 0 Å². The van der Waals surface area contributed by atoms with Gasteiger partial charge in [-0.15, -0.1) is 0 Å². The summed E-state index contributed by atoms with van der Waals surface area (Å²) in [7, 11) is 0. The first kappa shape index (κ1) is 29.2. The second kappa shape index (κ2) is 14.8. The van der Waals surface area contributed by atoms with E-state index in [1.807, 2.05) is 0 Å². The van der Waals surface area contributed by atoms with Crippen LogP contribution >= 0.6 is 0 Å². The first-order chi connectivity index (χ1) is 5.29. The van der Waals surface area contributed by atoms with Crippen LogP contribution in [0.3, 0.4) is 0 Å². The summed E-state index contributed by atoms with van der Waals surface area (Å²) in [6.07, 6.45) is 0. The maximum absolute atomic E-state index is 9.10. The molecule has 0 aromatic rings. The smallest absolute Gasteiger partial charge is 1.00 e. The number of hydrogen-bond donors (Lipinski definition) is 4. The fourth-order valence-corrected chi connectivity index (χ4v) is 0. The van der Waals surface area contributed by atoms with Crippen LogP contribution < -0.4 is 18.9 Å². The van der Waals surface area contributed by atoms with Gasteiger partial charge in [0.25, 0.3) is 0 Å². The van der Waals surface area contributed by atoms with Gasteiger partial charge in [0.2, 0.25) is 0 Å². The molecular formula is C4H7F2LiO8. The maximum atomic E-state index is 9.10. The molecule has 0 spiro atoms. The summed E-state index contributed by atoms with van der Waals surface area (Å²) >= 11 is 0. The summed E-state index contributed by atoms with van der Waals surface area (Å²) in [4.78, 5) is 36.4. The summed E-state index contributed by atoms with van der Waals surface area (Å²) in [5.41, 5.74) is 0. The molecule has 0 aromatic carbocycles. The van der Waals surface area contributed by atoms with E-state index in [2.05, 4.69) is 0 Å². The molecule has 0 amide bonds. The number of carboxylic acid groups (broad SMARTS) is 4. The van der Waals surface area contributed by atoms with E-state index in [4.69, 9.17) is 39.6 Å². The van der Waals surface area contributed by atoms with Crippen molar-refractivity contribution in [1.82, 2.24) is 0 Å². The molecule has 0 bridgehead atoms. The number of hydrogen-bond acceptors (Lipinski definition) is 4. The van der Waals surface area contributed by atoms with Gasteiger partial charge in [0.15, 0.2) is 0 Å². The predicted octanol–water partition coefficient (Wildman–Crippen LogP) is -4.27. The molecule has 0 radical (unpaired) electrons. The van der Waals surface area contributed by atoms with Crippen LogP contribution in [0.15, 0.2) is 0 Å². The molecule has 0 heterocycles. The van der Waals surface area contributed by atoms with Crippen molar-refractivity contribution >= 4 is 23.9 Å². The number of aliphatic carboxylic acids is 4. The molecule has 0 aliphatic rings. The fraction of sp³-hybridized carbons (Fsp3) is 0. The van der Waals surface area contributed by atoms with Crippen molar-refractivity contribution in [3.05, 3.63) is 0 Å². The molecule has 0 saturated heterocycles. The molecule has 0 saturated carbocycles. The molecule has 4 N–H and O–H groups in total. The van der Waals surface area contributed by atoms with Crippen LogP contribution in [0.1, 0.15) is 1.43 Å². The molecular weight excluding hydrogens is 221 g/mol. The second-order valence-corrected chi connectivity index (χ2v) is 1.22. The summed E-state index contributed by atoms with van der Waals surface area (Å²) in [6, 6.07) is 0. The topological polar surface area (TPSA) is 149 Å². The van der Waals surface area contributed by atoms with E-state index in [-0.39, 0.29) is 29.7 Å². The van der Waals surface area contributed by atoms with Gasteiger partial charge in [-0.05, 0) is 0 Å². The van der Waals surface area contributed by atoms with Crippen molar-refractivity contribution in [3.8, 4) is 0 Å². The van der Waals surface area contributed by atoms with Crippen LogP contribution in [0.2, 0.25) is 0 Å². The van der Waals surface area contributed by atoms with Gasteiger partial charge < -0.3 is 21.9 Å². The van der Waals surface area contributed by atoms with Crippen molar-refractivity contribution in [2.24, 2.45) is 0 Å². The van der Waals surface area contributed by atoms with Crippen LogP contribution in [-0.4, -0.2) is 44.3 Å².